The van der Waals surface area contributed by atoms with Gasteiger partial charge in [-0.25, -0.2) is 19.3 Å². The van der Waals surface area contributed by atoms with E-state index < -0.39 is 0 Å². The molecular formula is C23H22FN5. The predicted molar refractivity (Wildman–Crippen MR) is 111 cm³/mol. The van der Waals surface area contributed by atoms with Crippen molar-refractivity contribution in [2.75, 3.05) is 14.1 Å². The predicted octanol–water partition coefficient (Wildman–Crippen LogP) is 4.54. The average Bonchev–Trinajstić information content (AvgIpc) is 3.49. The molecule has 0 spiro atoms. The third-order valence-electron chi connectivity index (χ3n) is 5.17. The molecule has 0 saturated heterocycles. The molecule has 1 saturated carbocycles. The van der Waals surface area contributed by atoms with Crippen LogP contribution in [0.1, 0.15) is 30.1 Å². The lowest BCUT2D eigenvalue weighted by Crippen LogP contribution is -2.10. The number of aromatic nitrogens is 4. The van der Waals surface area contributed by atoms with Gasteiger partial charge >= 0.3 is 0 Å². The van der Waals surface area contributed by atoms with Crippen molar-refractivity contribution >= 4 is 5.65 Å². The van der Waals surface area contributed by atoms with E-state index >= 15 is 0 Å². The molecule has 146 valence electrons. The van der Waals surface area contributed by atoms with E-state index in [9.17, 15) is 4.39 Å². The molecule has 0 atom stereocenters. The third-order valence-corrected chi connectivity index (χ3v) is 5.17. The monoisotopic (exact) mass is 387 g/mol. The van der Waals surface area contributed by atoms with Crippen LogP contribution in [0.3, 0.4) is 0 Å². The van der Waals surface area contributed by atoms with E-state index in [0.29, 0.717) is 5.92 Å². The van der Waals surface area contributed by atoms with Crippen LogP contribution in [0.4, 0.5) is 4.39 Å². The maximum atomic E-state index is 13.5. The van der Waals surface area contributed by atoms with Crippen molar-refractivity contribution in [1.29, 1.82) is 0 Å². The van der Waals surface area contributed by atoms with Gasteiger partial charge in [0.15, 0.2) is 0 Å². The largest absolute Gasteiger partial charge is 0.305 e. The van der Waals surface area contributed by atoms with E-state index in [4.69, 9.17) is 9.97 Å². The fourth-order valence-corrected chi connectivity index (χ4v) is 3.65. The number of imidazole rings is 1. The Hall–Kier alpha value is -3.12. The molecule has 1 aliphatic carbocycles. The molecule has 0 radical (unpaired) electrons. The highest BCUT2D eigenvalue weighted by Crippen LogP contribution is 2.39. The van der Waals surface area contributed by atoms with Crippen molar-refractivity contribution < 1.29 is 4.39 Å². The molecule has 5 nitrogen and oxygen atoms in total. The highest BCUT2D eigenvalue weighted by molar-refractivity contribution is 5.80. The van der Waals surface area contributed by atoms with Gasteiger partial charge in [0.05, 0.1) is 17.1 Å². The highest BCUT2D eigenvalue weighted by Gasteiger charge is 2.27. The maximum Gasteiger partial charge on any atom is 0.138 e. The number of nitrogens with zero attached hydrogens (tertiary/aromatic N) is 5. The van der Waals surface area contributed by atoms with Crippen molar-refractivity contribution in [2.45, 2.75) is 25.3 Å². The number of halogens is 1. The zero-order chi connectivity index (χ0) is 20.0. The molecule has 3 heterocycles. The number of fused-ring (bicyclic) bond motifs is 1. The minimum Gasteiger partial charge on any atom is -0.305 e. The summed E-state index contributed by atoms with van der Waals surface area (Å²) in [4.78, 5) is 16.3. The number of hydrogen-bond donors (Lipinski definition) is 0. The second-order valence-electron chi connectivity index (χ2n) is 7.89. The molecule has 3 aromatic heterocycles. The SMILES string of the molecule is CN(C)Cc1ccn2c(-c3ccnc(C4CC4)n3)c(-c3ccc(F)cc3)nc2c1. The van der Waals surface area contributed by atoms with E-state index in [0.717, 1.165) is 53.5 Å². The van der Waals surface area contributed by atoms with Crippen LogP contribution in [0.2, 0.25) is 0 Å². The molecule has 1 fully saturated rings. The van der Waals surface area contributed by atoms with Gasteiger partial charge in [-0.05, 0) is 75.0 Å². The topological polar surface area (TPSA) is 46.3 Å². The zero-order valence-corrected chi connectivity index (χ0v) is 16.5. The number of pyridine rings is 1. The molecule has 6 heteroatoms. The normalized spacial score (nSPS) is 14.1. The Balaban J connectivity index is 1.71. The fourth-order valence-electron chi connectivity index (χ4n) is 3.65. The quantitative estimate of drug-likeness (QED) is 0.505. The van der Waals surface area contributed by atoms with Crippen molar-refractivity contribution in [2.24, 2.45) is 0 Å². The van der Waals surface area contributed by atoms with Crippen LogP contribution in [-0.4, -0.2) is 38.3 Å². The number of rotatable bonds is 5. The van der Waals surface area contributed by atoms with Gasteiger partial charge in [-0.1, -0.05) is 0 Å². The molecule has 1 aliphatic rings. The van der Waals surface area contributed by atoms with Crippen molar-refractivity contribution in [3.05, 3.63) is 72.1 Å². The maximum absolute atomic E-state index is 13.5. The summed E-state index contributed by atoms with van der Waals surface area (Å²) in [6.45, 7) is 0.837. The molecule has 4 aromatic rings. The summed E-state index contributed by atoms with van der Waals surface area (Å²) >= 11 is 0. The summed E-state index contributed by atoms with van der Waals surface area (Å²) in [5.41, 5.74) is 5.45. The van der Waals surface area contributed by atoms with Crippen LogP contribution in [0, 0.1) is 5.82 Å². The van der Waals surface area contributed by atoms with Gasteiger partial charge in [-0.2, -0.15) is 0 Å². The van der Waals surface area contributed by atoms with E-state index in [1.165, 1.54) is 17.7 Å². The summed E-state index contributed by atoms with van der Waals surface area (Å²) < 4.78 is 15.6. The Morgan fingerprint density at radius 1 is 1.07 bits per heavy atom. The second kappa shape index (κ2) is 7.04. The molecule has 0 bridgehead atoms. The lowest BCUT2D eigenvalue weighted by Gasteiger charge is -2.10. The third kappa shape index (κ3) is 3.51. The van der Waals surface area contributed by atoms with E-state index in [2.05, 4.69) is 26.4 Å². The van der Waals surface area contributed by atoms with Crippen LogP contribution < -0.4 is 0 Å². The van der Waals surface area contributed by atoms with Crippen LogP contribution in [0.5, 0.6) is 0 Å². The molecule has 0 unspecified atom stereocenters. The first-order valence-electron chi connectivity index (χ1n) is 9.83. The summed E-state index contributed by atoms with van der Waals surface area (Å²) in [5, 5.41) is 0. The van der Waals surface area contributed by atoms with Crippen molar-refractivity contribution in [3.63, 3.8) is 0 Å². The van der Waals surface area contributed by atoms with Crippen LogP contribution in [-0.2, 0) is 6.54 Å². The van der Waals surface area contributed by atoms with E-state index in [1.54, 1.807) is 12.1 Å². The molecule has 1 aromatic carbocycles. The lowest BCUT2D eigenvalue weighted by atomic mass is 10.1. The van der Waals surface area contributed by atoms with Gasteiger partial charge < -0.3 is 4.90 Å². The highest BCUT2D eigenvalue weighted by atomic mass is 19.1. The van der Waals surface area contributed by atoms with Gasteiger partial charge in [0, 0.05) is 30.4 Å². The molecule has 0 N–H and O–H groups in total. The first-order valence-corrected chi connectivity index (χ1v) is 9.83. The first kappa shape index (κ1) is 17.9. The minimum absolute atomic E-state index is 0.259. The Labute approximate surface area is 168 Å². The molecule has 0 aliphatic heterocycles. The minimum atomic E-state index is -0.259. The smallest absolute Gasteiger partial charge is 0.138 e. The first-order chi connectivity index (χ1) is 14.1. The van der Waals surface area contributed by atoms with Crippen LogP contribution in [0.25, 0.3) is 28.3 Å². The van der Waals surface area contributed by atoms with E-state index in [1.807, 2.05) is 32.6 Å². The Bertz CT molecular complexity index is 1180. The number of benzene rings is 1. The average molecular weight is 387 g/mol. The Morgan fingerprint density at radius 2 is 1.86 bits per heavy atom. The molecule has 0 amide bonds. The van der Waals surface area contributed by atoms with Gasteiger partial charge in [0.25, 0.3) is 0 Å². The van der Waals surface area contributed by atoms with Crippen molar-refractivity contribution in [3.8, 4) is 22.6 Å². The fraction of sp³-hybridized carbons (Fsp3) is 0.261. The molecule has 29 heavy (non-hydrogen) atoms. The van der Waals surface area contributed by atoms with Gasteiger partial charge in [0.2, 0.25) is 0 Å². The lowest BCUT2D eigenvalue weighted by molar-refractivity contribution is 0.402. The molecule has 5 rings (SSSR count). The summed E-state index contributed by atoms with van der Waals surface area (Å²) in [6.07, 6.45) is 6.16. The summed E-state index contributed by atoms with van der Waals surface area (Å²) in [6, 6.07) is 12.6. The Morgan fingerprint density at radius 3 is 2.59 bits per heavy atom. The van der Waals surface area contributed by atoms with Gasteiger partial charge in [-0.3, -0.25) is 4.40 Å². The zero-order valence-electron chi connectivity index (χ0n) is 16.5. The number of hydrogen-bond acceptors (Lipinski definition) is 4. The molecular weight excluding hydrogens is 365 g/mol. The van der Waals surface area contributed by atoms with Gasteiger partial charge in [-0.15, -0.1) is 0 Å². The van der Waals surface area contributed by atoms with Gasteiger partial charge in [0.1, 0.15) is 17.3 Å². The Kier molecular flexibility index (Phi) is 4.36. The van der Waals surface area contributed by atoms with Crippen LogP contribution >= 0.6 is 0 Å². The van der Waals surface area contributed by atoms with Crippen LogP contribution in [0.15, 0.2) is 54.9 Å². The summed E-state index contributed by atoms with van der Waals surface area (Å²) in [5.74, 6) is 1.10. The summed E-state index contributed by atoms with van der Waals surface area (Å²) in [7, 11) is 4.09. The second-order valence-corrected chi connectivity index (χ2v) is 7.89. The standard InChI is InChI=1S/C23H22FN5/c1-28(2)14-15-10-12-29-20(13-15)27-21(16-5-7-18(24)8-6-16)22(29)19-9-11-25-23(26-19)17-3-4-17/h5-13,17H,3-4,14H2,1-2H3. The van der Waals surface area contributed by atoms with Crippen molar-refractivity contribution in [1.82, 2.24) is 24.3 Å². The van der Waals surface area contributed by atoms with E-state index in [-0.39, 0.29) is 5.82 Å².